The van der Waals surface area contributed by atoms with Crippen molar-refractivity contribution in [3.05, 3.63) is 39.9 Å². The number of carbonyl (C=O) groups excluding carboxylic acids is 1. The molecule has 1 aromatic carbocycles. The van der Waals surface area contributed by atoms with Crippen LogP contribution in [0.3, 0.4) is 0 Å². The standard InChI is InChI=1S/C11H15N3O4/c12-4-6-18-7-5-13-11(15)9-2-1-3-10(8-9)14(16)17/h1-3,8H,4-7,12H2,(H,13,15). The van der Waals surface area contributed by atoms with Crippen molar-refractivity contribution in [2.75, 3.05) is 26.3 Å². The zero-order valence-corrected chi connectivity index (χ0v) is 9.80. The first-order chi connectivity index (χ1) is 8.65. The predicted molar refractivity (Wildman–Crippen MR) is 65.3 cm³/mol. The van der Waals surface area contributed by atoms with Gasteiger partial charge in [-0.2, -0.15) is 0 Å². The molecule has 0 aromatic heterocycles. The second-order valence-electron chi connectivity index (χ2n) is 3.46. The van der Waals surface area contributed by atoms with Gasteiger partial charge >= 0.3 is 0 Å². The van der Waals surface area contributed by atoms with Gasteiger partial charge in [-0.15, -0.1) is 0 Å². The minimum atomic E-state index is -0.541. The second-order valence-corrected chi connectivity index (χ2v) is 3.46. The molecule has 0 saturated carbocycles. The lowest BCUT2D eigenvalue weighted by atomic mass is 10.2. The van der Waals surface area contributed by atoms with Gasteiger partial charge in [-0.3, -0.25) is 14.9 Å². The number of hydrogen-bond donors (Lipinski definition) is 2. The summed E-state index contributed by atoms with van der Waals surface area (Å²) in [7, 11) is 0. The molecule has 0 heterocycles. The molecule has 0 aliphatic heterocycles. The summed E-state index contributed by atoms with van der Waals surface area (Å²) in [5.41, 5.74) is 5.37. The Balaban J connectivity index is 2.46. The monoisotopic (exact) mass is 253 g/mol. The Morgan fingerprint density at radius 2 is 2.22 bits per heavy atom. The van der Waals surface area contributed by atoms with Crippen molar-refractivity contribution in [1.29, 1.82) is 0 Å². The third kappa shape index (κ3) is 4.48. The van der Waals surface area contributed by atoms with Crippen LogP contribution in [0.1, 0.15) is 10.4 Å². The van der Waals surface area contributed by atoms with E-state index in [-0.39, 0.29) is 17.2 Å². The van der Waals surface area contributed by atoms with Gasteiger partial charge < -0.3 is 15.8 Å². The first-order valence-electron chi connectivity index (χ1n) is 5.45. The Morgan fingerprint density at radius 3 is 2.89 bits per heavy atom. The minimum absolute atomic E-state index is 0.109. The van der Waals surface area contributed by atoms with E-state index < -0.39 is 4.92 Å². The van der Waals surface area contributed by atoms with Crippen LogP contribution in [0.4, 0.5) is 5.69 Å². The maximum Gasteiger partial charge on any atom is 0.270 e. The number of ether oxygens (including phenoxy) is 1. The zero-order chi connectivity index (χ0) is 13.4. The fourth-order valence-electron chi connectivity index (χ4n) is 1.28. The van der Waals surface area contributed by atoms with Crippen LogP contribution in [0, 0.1) is 10.1 Å². The molecular formula is C11H15N3O4. The van der Waals surface area contributed by atoms with Crippen molar-refractivity contribution >= 4 is 11.6 Å². The lowest BCUT2D eigenvalue weighted by Crippen LogP contribution is -2.27. The molecule has 0 aliphatic carbocycles. The molecule has 3 N–H and O–H groups in total. The third-order valence-electron chi connectivity index (χ3n) is 2.11. The van der Waals surface area contributed by atoms with Crippen molar-refractivity contribution in [1.82, 2.24) is 5.32 Å². The van der Waals surface area contributed by atoms with Crippen LogP contribution < -0.4 is 11.1 Å². The number of rotatable bonds is 7. The largest absolute Gasteiger partial charge is 0.378 e. The highest BCUT2D eigenvalue weighted by Crippen LogP contribution is 2.12. The molecule has 0 aliphatic rings. The van der Waals surface area contributed by atoms with Gasteiger partial charge in [-0.05, 0) is 6.07 Å². The molecule has 1 amide bonds. The number of amides is 1. The van der Waals surface area contributed by atoms with Gasteiger partial charge in [0.2, 0.25) is 0 Å². The summed E-state index contributed by atoms with van der Waals surface area (Å²) in [5.74, 6) is -0.366. The van der Waals surface area contributed by atoms with Crippen molar-refractivity contribution in [2.45, 2.75) is 0 Å². The van der Waals surface area contributed by atoms with E-state index in [0.29, 0.717) is 26.3 Å². The van der Waals surface area contributed by atoms with Gasteiger partial charge in [0.1, 0.15) is 0 Å². The van der Waals surface area contributed by atoms with E-state index in [1.807, 2.05) is 0 Å². The predicted octanol–water partition coefficient (Wildman–Crippen LogP) is 0.300. The maximum atomic E-state index is 11.6. The van der Waals surface area contributed by atoms with E-state index >= 15 is 0 Å². The van der Waals surface area contributed by atoms with Crippen LogP contribution >= 0.6 is 0 Å². The molecule has 1 rings (SSSR count). The maximum absolute atomic E-state index is 11.6. The molecule has 0 bridgehead atoms. The van der Waals surface area contributed by atoms with Gasteiger partial charge in [-0.1, -0.05) is 6.07 Å². The molecule has 0 radical (unpaired) electrons. The van der Waals surface area contributed by atoms with Crippen LogP contribution in [-0.4, -0.2) is 37.1 Å². The van der Waals surface area contributed by atoms with Crippen LogP contribution in [-0.2, 0) is 4.74 Å². The Hall–Kier alpha value is -1.99. The van der Waals surface area contributed by atoms with Crippen LogP contribution in [0.25, 0.3) is 0 Å². The lowest BCUT2D eigenvalue weighted by Gasteiger charge is -2.05. The quantitative estimate of drug-likeness (QED) is 0.413. The molecule has 7 heteroatoms. The number of nitro groups is 1. The molecule has 0 unspecified atom stereocenters. The molecule has 98 valence electrons. The summed E-state index contributed by atoms with van der Waals surface area (Å²) in [4.78, 5) is 21.6. The normalized spacial score (nSPS) is 10.1. The summed E-state index contributed by atoms with van der Waals surface area (Å²) in [5, 5.41) is 13.1. The average Bonchev–Trinajstić information content (AvgIpc) is 2.38. The number of carbonyl (C=O) groups is 1. The van der Waals surface area contributed by atoms with Crippen molar-refractivity contribution in [3.8, 4) is 0 Å². The van der Waals surface area contributed by atoms with Crippen molar-refractivity contribution < 1.29 is 14.5 Å². The molecular weight excluding hydrogens is 238 g/mol. The summed E-state index contributed by atoms with van der Waals surface area (Å²) in [6, 6.07) is 5.55. The Morgan fingerprint density at radius 1 is 1.44 bits per heavy atom. The molecule has 0 fully saturated rings. The molecule has 0 atom stereocenters. The minimum Gasteiger partial charge on any atom is -0.378 e. The van der Waals surface area contributed by atoms with E-state index in [2.05, 4.69) is 5.32 Å². The van der Waals surface area contributed by atoms with E-state index in [9.17, 15) is 14.9 Å². The molecule has 7 nitrogen and oxygen atoms in total. The second kappa shape index (κ2) is 7.36. The van der Waals surface area contributed by atoms with Gasteiger partial charge in [0, 0.05) is 30.8 Å². The highest BCUT2D eigenvalue weighted by atomic mass is 16.6. The van der Waals surface area contributed by atoms with Gasteiger partial charge in [0.25, 0.3) is 11.6 Å². The Bertz CT molecular complexity index is 423. The molecule has 18 heavy (non-hydrogen) atoms. The topological polar surface area (TPSA) is 107 Å². The van der Waals surface area contributed by atoms with Crippen LogP contribution in [0.15, 0.2) is 24.3 Å². The number of nitro benzene ring substituents is 1. The summed E-state index contributed by atoms with van der Waals surface area (Å²) >= 11 is 0. The SMILES string of the molecule is NCCOCCNC(=O)c1cccc([N+](=O)[O-])c1. The number of nitrogens with two attached hydrogens (primary N) is 1. The first-order valence-corrected chi connectivity index (χ1v) is 5.45. The van der Waals surface area contributed by atoms with E-state index in [1.54, 1.807) is 0 Å². The van der Waals surface area contributed by atoms with Gasteiger partial charge in [-0.25, -0.2) is 0 Å². The van der Waals surface area contributed by atoms with E-state index in [1.165, 1.54) is 24.3 Å². The fourth-order valence-corrected chi connectivity index (χ4v) is 1.28. The van der Waals surface area contributed by atoms with E-state index in [4.69, 9.17) is 10.5 Å². The molecule has 0 saturated heterocycles. The smallest absolute Gasteiger partial charge is 0.270 e. The van der Waals surface area contributed by atoms with Crippen molar-refractivity contribution in [2.24, 2.45) is 5.73 Å². The number of non-ortho nitro benzene ring substituents is 1. The van der Waals surface area contributed by atoms with Crippen LogP contribution in [0.5, 0.6) is 0 Å². The fraction of sp³-hybridized carbons (Fsp3) is 0.364. The Kier molecular flexibility index (Phi) is 5.75. The molecule has 0 spiro atoms. The van der Waals surface area contributed by atoms with Gasteiger partial charge in [0.05, 0.1) is 18.1 Å². The average molecular weight is 253 g/mol. The highest BCUT2D eigenvalue weighted by Gasteiger charge is 2.10. The number of benzene rings is 1. The molecule has 1 aromatic rings. The number of hydrogen-bond acceptors (Lipinski definition) is 5. The first kappa shape index (κ1) is 14.1. The zero-order valence-electron chi connectivity index (χ0n) is 9.80. The Labute approximate surface area is 104 Å². The van der Waals surface area contributed by atoms with Crippen molar-refractivity contribution in [3.63, 3.8) is 0 Å². The third-order valence-corrected chi connectivity index (χ3v) is 2.11. The van der Waals surface area contributed by atoms with Crippen LogP contribution in [0.2, 0.25) is 0 Å². The number of nitrogens with zero attached hydrogens (tertiary/aromatic N) is 1. The summed E-state index contributed by atoms with van der Waals surface area (Å²) in [6.07, 6.45) is 0. The summed E-state index contributed by atoms with van der Waals surface area (Å²) in [6.45, 7) is 1.56. The highest BCUT2D eigenvalue weighted by molar-refractivity contribution is 5.94. The van der Waals surface area contributed by atoms with E-state index in [0.717, 1.165) is 0 Å². The summed E-state index contributed by atoms with van der Waals surface area (Å²) < 4.78 is 5.08. The lowest BCUT2D eigenvalue weighted by molar-refractivity contribution is -0.384. The van der Waals surface area contributed by atoms with Gasteiger partial charge in [0.15, 0.2) is 0 Å². The number of nitrogens with one attached hydrogen (secondary N) is 1.